The zero-order chi connectivity index (χ0) is 19.2. The molecule has 0 radical (unpaired) electrons. The number of nitrogens with zero attached hydrogens (tertiary/aromatic N) is 2. The molecule has 27 heavy (non-hydrogen) atoms. The van der Waals surface area contributed by atoms with Gasteiger partial charge >= 0.3 is 6.61 Å². The van der Waals surface area contributed by atoms with Crippen LogP contribution in [0, 0.1) is 6.92 Å². The molecule has 0 aliphatic heterocycles. The normalized spacial score (nSPS) is 10.8. The van der Waals surface area contributed by atoms with E-state index in [0.29, 0.717) is 5.56 Å². The maximum Gasteiger partial charge on any atom is 0.387 e. The Hall–Kier alpha value is -2.94. The van der Waals surface area contributed by atoms with Crippen LogP contribution in [0.3, 0.4) is 0 Å². The van der Waals surface area contributed by atoms with Gasteiger partial charge in [-0.3, -0.25) is 4.79 Å². The lowest BCUT2D eigenvalue weighted by atomic mass is 10.2. The van der Waals surface area contributed by atoms with Gasteiger partial charge in [0, 0.05) is 11.3 Å². The molecular formula is C18H15F2N3O3S. The molecule has 9 heteroatoms. The Kier molecular flexibility index (Phi) is 6.02. The van der Waals surface area contributed by atoms with E-state index in [0.717, 1.165) is 23.0 Å². The minimum atomic E-state index is -2.88. The zero-order valence-corrected chi connectivity index (χ0v) is 15.0. The van der Waals surface area contributed by atoms with E-state index in [1.165, 1.54) is 24.3 Å². The highest BCUT2D eigenvalue weighted by Crippen LogP contribution is 2.25. The smallest absolute Gasteiger partial charge is 0.387 e. The molecule has 0 spiro atoms. The Balaban J connectivity index is 1.56. The van der Waals surface area contributed by atoms with E-state index in [1.54, 1.807) is 0 Å². The summed E-state index contributed by atoms with van der Waals surface area (Å²) in [6, 6.07) is 13.3. The highest BCUT2D eigenvalue weighted by atomic mass is 32.2. The predicted molar refractivity (Wildman–Crippen MR) is 96.9 cm³/mol. The molecule has 0 bridgehead atoms. The van der Waals surface area contributed by atoms with Crippen LogP contribution in [0.2, 0.25) is 0 Å². The second-order valence-electron chi connectivity index (χ2n) is 5.43. The van der Waals surface area contributed by atoms with Crippen LogP contribution in [0.15, 0.2) is 58.2 Å². The molecule has 1 aromatic heterocycles. The van der Waals surface area contributed by atoms with Gasteiger partial charge in [0.25, 0.3) is 5.22 Å². The van der Waals surface area contributed by atoms with Gasteiger partial charge in [-0.25, -0.2) is 0 Å². The number of aryl methyl sites for hydroxylation is 1. The summed E-state index contributed by atoms with van der Waals surface area (Å²) in [5.41, 5.74) is 2.27. The molecule has 2 aromatic carbocycles. The van der Waals surface area contributed by atoms with Gasteiger partial charge in [-0.2, -0.15) is 8.78 Å². The number of hydrogen-bond donors (Lipinski definition) is 1. The van der Waals surface area contributed by atoms with Crippen molar-refractivity contribution in [2.75, 3.05) is 11.1 Å². The average molecular weight is 391 g/mol. The second kappa shape index (κ2) is 8.63. The summed E-state index contributed by atoms with van der Waals surface area (Å²) < 4.78 is 34.1. The molecule has 1 amide bonds. The Morgan fingerprint density at radius 2 is 1.93 bits per heavy atom. The fourth-order valence-corrected chi connectivity index (χ4v) is 2.75. The number of thioether (sulfide) groups is 1. The third-order valence-electron chi connectivity index (χ3n) is 3.48. The van der Waals surface area contributed by atoms with Crippen LogP contribution in [0.5, 0.6) is 5.75 Å². The molecule has 0 fully saturated rings. The lowest BCUT2D eigenvalue weighted by Crippen LogP contribution is -2.14. The molecule has 0 saturated carbocycles. The maximum absolute atomic E-state index is 12.2. The number of carbonyl (C=O) groups is 1. The van der Waals surface area contributed by atoms with Crippen LogP contribution in [0.25, 0.3) is 11.5 Å². The Labute approximate surface area is 157 Å². The number of carbonyl (C=O) groups excluding carboxylic acids is 1. The fraction of sp³-hybridized carbons (Fsp3) is 0.167. The van der Waals surface area contributed by atoms with E-state index in [1.807, 2.05) is 31.2 Å². The first-order valence-electron chi connectivity index (χ1n) is 7.88. The van der Waals surface area contributed by atoms with Crippen molar-refractivity contribution in [2.45, 2.75) is 18.8 Å². The van der Waals surface area contributed by atoms with E-state index < -0.39 is 6.61 Å². The molecule has 0 saturated heterocycles. The number of benzene rings is 2. The highest BCUT2D eigenvalue weighted by molar-refractivity contribution is 7.99. The van der Waals surface area contributed by atoms with Gasteiger partial charge in [0.15, 0.2) is 0 Å². The van der Waals surface area contributed by atoms with E-state index in [4.69, 9.17) is 4.42 Å². The molecule has 3 rings (SSSR count). The Morgan fingerprint density at radius 3 is 2.63 bits per heavy atom. The third kappa shape index (κ3) is 5.27. The van der Waals surface area contributed by atoms with Gasteiger partial charge in [-0.15, -0.1) is 10.2 Å². The molecule has 3 aromatic rings. The van der Waals surface area contributed by atoms with Crippen molar-refractivity contribution in [3.63, 3.8) is 0 Å². The van der Waals surface area contributed by atoms with Crippen molar-refractivity contribution in [1.82, 2.24) is 10.2 Å². The van der Waals surface area contributed by atoms with Gasteiger partial charge in [-0.1, -0.05) is 30.0 Å². The summed E-state index contributed by atoms with van der Waals surface area (Å²) in [6.07, 6.45) is 0. The monoisotopic (exact) mass is 391 g/mol. The van der Waals surface area contributed by atoms with Crippen molar-refractivity contribution < 1.29 is 22.7 Å². The minimum Gasteiger partial charge on any atom is -0.435 e. The molecule has 0 aliphatic carbocycles. The summed E-state index contributed by atoms with van der Waals surface area (Å²) in [5, 5.41) is 10.8. The van der Waals surface area contributed by atoms with Crippen LogP contribution in [-0.2, 0) is 4.79 Å². The minimum absolute atomic E-state index is 0.0377. The lowest BCUT2D eigenvalue weighted by molar-refractivity contribution is -0.113. The molecular weight excluding hydrogens is 376 g/mol. The first kappa shape index (κ1) is 18.8. The maximum atomic E-state index is 12.2. The van der Waals surface area contributed by atoms with Crippen LogP contribution < -0.4 is 10.1 Å². The third-order valence-corrected chi connectivity index (χ3v) is 4.30. The number of amides is 1. The van der Waals surface area contributed by atoms with Crippen molar-refractivity contribution in [3.05, 3.63) is 54.1 Å². The SMILES string of the molecule is Cc1ccccc1NC(=O)CSc1nnc(-c2ccc(OC(F)F)cc2)o1. The molecule has 6 nitrogen and oxygen atoms in total. The number of halogens is 2. The first-order valence-corrected chi connectivity index (χ1v) is 8.87. The highest BCUT2D eigenvalue weighted by Gasteiger charge is 2.12. The largest absolute Gasteiger partial charge is 0.435 e. The van der Waals surface area contributed by atoms with Gasteiger partial charge in [-0.05, 0) is 42.8 Å². The van der Waals surface area contributed by atoms with E-state index in [-0.39, 0.29) is 28.5 Å². The standard InChI is InChI=1S/C18H15F2N3O3S/c1-11-4-2-3-5-14(11)21-15(24)10-27-18-23-22-16(26-18)12-6-8-13(9-7-12)25-17(19)20/h2-9,17H,10H2,1H3,(H,21,24). The van der Waals surface area contributed by atoms with Gasteiger partial charge in [0.2, 0.25) is 11.8 Å². The van der Waals surface area contributed by atoms with E-state index in [9.17, 15) is 13.6 Å². The summed E-state index contributed by atoms with van der Waals surface area (Å²) in [6.45, 7) is -0.974. The summed E-state index contributed by atoms with van der Waals surface area (Å²) >= 11 is 1.10. The van der Waals surface area contributed by atoms with Gasteiger partial charge in [0.05, 0.1) is 5.75 Å². The fourth-order valence-electron chi connectivity index (χ4n) is 2.19. The average Bonchev–Trinajstić information content (AvgIpc) is 3.11. The molecule has 0 aliphatic rings. The van der Waals surface area contributed by atoms with Gasteiger partial charge in [0.1, 0.15) is 5.75 Å². The van der Waals surface area contributed by atoms with E-state index in [2.05, 4.69) is 20.3 Å². The number of rotatable bonds is 7. The number of aromatic nitrogens is 2. The summed E-state index contributed by atoms with van der Waals surface area (Å²) in [4.78, 5) is 12.0. The van der Waals surface area contributed by atoms with Crippen molar-refractivity contribution in [2.24, 2.45) is 0 Å². The number of para-hydroxylation sites is 1. The summed E-state index contributed by atoms with van der Waals surface area (Å²) in [5.74, 6) is 0.177. The number of hydrogen-bond acceptors (Lipinski definition) is 6. The molecule has 0 unspecified atom stereocenters. The summed E-state index contributed by atoms with van der Waals surface area (Å²) in [7, 11) is 0. The lowest BCUT2D eigenvalue weighted by Gasteiger charge is -2.06. The van der Waals surface area contributed by atoms with Crippen LogP contribution >= 0.6 is 11.8 Å². The van der Waals surface area contributed by atoms with Crippen molar-refractivity contribution >= 4 is 23.4 Å². The molecule has 1 heterocycles. The van der Waals surface area contributed by atoms with Crippen LogP contribution in [0.1, 0.15) is 5.56 Å². The predicted octanol–water partition coefficient (Wildman–Crippen LogP) is 4.38. The number of nitrogens with one attached hydrogen (secondary N) is 1. The second-order valence-corrected chi connectivity index (χ2v) is 6.35. The van der Waals surface area contributed by atoms with Crippen LogP contribution in [-0.4, -0.2) is 28.5 Å². The molecule has 1 N–H and O–H groups in total. The molecule has 140 valence electrons. The number of anilines is 1. The Bertz CT molecular complexity index is 916. The zero-order valence-electron chi connectivity index (χ0n) is 14.2. The first-order chi connectivity index (χ1) is 13.0. The van der Waals surface area contributed by atoms with Gasteiger partial charge < -0.3 is 14.5 Å². The Morgan fingerprint density at radius 1 is 1.19 bits per heavy atom. The number of ether oxygens (including phenoxy) is 1. The topological polar surface area (TPSA) is 77.2 Å². The van der Waals surface area contributed by atoms with Crippen molar-refractivity contribution in [3.8, 4) is 17.2 Å². The quantitative estimate of drug-likeness (QED) is 0.603. The molecule has 0 atom stereocenters. The van der Waals surface area contributed by atoms with E-state index >= 15 is 0 Å². The van der Waals surface area contributed by atoms with Crippen LogP contribution in [0.4, 0.5) is 14.5 Å². The van der Waals surface area contributed by atoms with Crippen molar-refractivity contribution in [1.29, 1.82) is 0 Å². The number of alkyl halides is 2.